The quantitative estimate of drug-likeness (QED) is 0.756. The maximum Gasteiger partial charge on any atom is 0.162 e. The Labute approximate surface area is 81.4 Å². The van der Waals surface area contributed by atoms with Crippen molar-refractivity contribution in [2.75, 3.05) is 0 Å². The Bertz CT molecular complexity index is 473. The van der Waals surface area contributed by atoms with Crippen molar-refractivity contribution in [3.63, 3.8) is 0 Å². The number of hydrogen-bond acceptors (Lipinski definition) is 2. The van der Waals surface area contributed by atoms with Gasteiger partial charge in [0.1, 0.15) is 6.10 Å². The number of nitrogens with one attached hydrogen (secondary N) is 1. The molecule has 0 amide bonds. The summed E-state index contributed by atoms with van der Waals surface area (Å²) >= 11 is 0. The number of aromatic nitrogens is 1. The molecule has 2 aromatic rings. The number of hydrogen-bond donors (Lipinski definition) is 2. The van der Waals surface area contributed by atoms with Crippen LogP contribution in [0.15, 0.2) is 30.5 Å². The molecule has 1 heterocycles. The number of ketones is 1. The van der Waals surface area contributed by atoms with Gasteiger partial charge in [-0.3, -0.25) is 4.79 Å². The third-order valence-corrected chi connectivity index (χ3v) is 2.30. The van der Waals surface area contributed by atoms with E-state index in [0.29, 0.717) is 5.56 Å². The molecule has 1 aromatic heterocycles. The summed E-state index contributed by atoms with van der Waals surface area (Å²) in [6.45, 7) is 1.38. The number of carbonyl (C=O) groups is 1. The van der Waals surface area contributed by atoms with Gasteiger partial charge in [0.2, 0.25) is 0 Å². The smallest absolute Gasteiger partial charge is 0.162 e. The minimum absolute atomic E-state index is 0.241. The topological polar surface area (TPSA) is 53.1 Å². The molecule has 0 fully saturated rings. The Hall–Kier alpha value is -1.61. The standard InChI is InChI=1S/C11H11NO2/c1-7(13)11(14)9-6-12-10-5-3-2-4-8(9)10/h2-6,11-12,14H,1H3. The Kier molecular flexibility index (Phi) is 2.09. The number of para-hydroxylation sites is 1. The van der Waals surface area contributed by atoms with Gasteiger partial charge in [0.15, 0.2) is 5.78 Å². The minimum Gasteiger partial charge on any atom is -0.380 e. The Morgan fingerprint density at radius 1 is 1.43 bits per heavy atom. The summed E-state index contributed by atoms with van der Waals surface area (Å²) in [6, 6.07) is 7.58. The average Bonchev–Trinajstić information content (AvgIpc) is 2.60. The molecule has 0 spiro atoms. The summed E-state index contributed by atoms with van der Waals surface area (Å²) in [5.41, 5.74) is 1.58. The van der Waals surface area contributed by atoms with E-state index in [9.17, 15) is 9.90 Å². The molecule has 0 saturated carbocycles. The average molecular weight is 189 g/mol. The molecule has 0 bridgehead atoms. The van der Waals surface area contributed by atoms with Crippen LogP contribution in [-0.4, -0.2) is 15.9 Å². The molecule has 0 aliphatic rings. The SMILES string of the molecule is CC(=O)C(O)c1c[nH]c2ccccc12. The van der Waals surface area contributed by atoms with Crippen LogP contribution in [0.5, 0.6) is 0 Å². The highest BCUT2D eigenvalue weighted by atomic mass is 16.3. The third kappa shape index (κ3) is 1.32. The van der Waals surface area contributed by atoms with Gasteiger partial charge >= 0.3 is 0 Å². The second-order valence-corrected chi connectivity index (χ2v) is 3.30. The van der Waals surface area contributed by atoms with Crippen LogP contribution in [0.3, 0.4) is 0 Å². The number of aliphatic hydroxyl groups excluding tert-OH is 1. The number of benzene rings is 1. The lowest BCUT2D eigenvalue weighted by Gasteiger charge is -2.04. The van der Waals surface area contributed by atoms with E-state index < -0.39 is 6.10 Å². The molecule has 2 rings (SSSR count). The van der Waals surface area contributed by atoms with E-state index >= 15 is 0 Å². The Morgan fingerprint density at radius 2 is 2.14 bits per heavy atom. The lowest BCUT2D eigenvalue weighted by molar-refractivity contribution is -0.125. The van der Waals surface area contributed by atoms with Crippen molar-refractivity contribution in [2.24, 2.45) is 0 Å². The normalized spacial score (nSPS) is 13.0. The first-order chi connectivity index (χ1) is 6.70. The summed E-state index contributed by atoms with van der Waals surface area (Å²) in [5, 5.41) is 10.5. The van der Waals surface area contributed by atoms with E-state index in [0.717, 1.165) is 10.9 Å². The van der Waals surface area contributed by atoms with Gasteiger partial charge in [-0.25, -0.2) is 0 Å². The van der Waals surface area contributed by atoms with Gasteiger partial charge in [-0.1, -0.05) is 18.2 Å². The first-order valence-corrected chi connectivity index (χ1v) is 4.44. The Morgan fingerprint density at radius 3 is 2.86 bits per heavy atom. The molecule has 2 N–H and O–H groups in total. The fraction of sp³-hybridized carbons (Fsp3) is 0.182. The summed E-state index contributed by atoms with van der Waals surface area (Å²) < 4.78 is 0. The first kappa shape index (κ1) is 8.97. The lowest BCUT2D eigenvalue weighted by Crippen LogP contribution is -2.06. The maximum absolute atomic E-state index is 11.0. The molecule has 3 nitrogen and oxygen atoms in total. The molecule has 3 heteroatoms. The number of H-pyrrole nitrogens is 1. The van der Waals surface area contributed by atoms with E-state index in [1.165, 1.54) is 6.92 Å². The van der Waals surface area contributed by atoms with Crippen LogP contribution < -0.4 is 0 Å². The fourth-order valence-corrected chi connectivity index (χ4v) is 1.54. The Balaban J connectivity index is 2.58. The second-order valence-electron chi connectivity index (χ2n) is 3.30. The summed E-state index contributed by atoms with van der Waals surface area (Å²) in [5.74, 6) is -0.241. The second kappa shape index (κ2) is 3.27. The highest BCUT2D eigenvalue weighted by Crippen LogP contribution is 2.24. The molecule has 1 atom stereocenters. The van der Waals surface area contributed by atoms with E-state index in [1.54, 1.807) is 6.20 Å². The maximum atomic E-state index is 11.0. The summed E-state index contributed by atoms with van der Waals surface area (Å²) in [7, 11) is 0. The van der Waals surface area contributed by atoms with Gasteiger partial charge in [-0.15, -0.1) is 0 Å². The molecule has 0 radical (unpaired) electrons. The van der Waals surface area contributed by atoms with Gasteiger partial charge in [-0.2, -0.15) is 0 Å². The largest absolute Gasteiger partial charge is 0.380 e. The molecule has 0 saturated heterocycles. The monoisotopic (exact) mass is 189 g/mol. The fourth-order valence-electron chi connectivity index (χ4n) is 1.54. The van der Waals surface area contributed by atoms with Crippen LogP contribution in [0.2, 0.25) is 0 Å². The van der Waals surface area contributed by atoms with Crippen molar-refractivity contribution in [2.45, 2.75) is 13.0 Å². The first-order valence-electron chi connectivity index (χ1n) is 4.44. The van der Waals surface area contributed by atoms with Gasteiger partial charge < -0.3 is 10.1 Å². The van der Waals surface area contributed by atoms with Crippen LogP contribution in [0, 0.1) is 0 Å². The van der Waals surface area contributed by atoms with Gasteiger partial charge in [0, 0.05) is 22.7 Å². The van der Waals surface area contributed by atoms with Gasteiger partial charge in [-0.05, 0) is 13.0 Å². The van der Waals surface area contributed by atoms with Crippen molar-refractivity contribution in [1.82, 2.24) is 4.98 Å². The van der Waals surface area contributed by atoms with Crippen molar-refractivity contribution in [3.05, 3.63) is 36.0 Å². The molecule has 0 aliphatic heterocycles. The van der Waals surface area contributed by atoms with E-state index in [2.05, 4.69) is 4.98 Å². The van der Waals surface area contributed by atoms with Gasteiger partial charge in [0.25, 0.3) is 0 Å². The van der Waals surface area contributed by atoms with Crippen molar-refractivity contribution in [3.8, 4) is 0 Å². The van der Waals surface area contributed by atoms with E-state index in [4.69, 9.17) is 0 Å². The number of Topliss-reactive ketones (excluding diaryl/α,β-unsaturated/α-hetero) is 1. The molecule has 0 aliphatic carbocycles. The van der Waals surface area contributed by atoms with Crippen LogP contribution in [-0.2, 0) is 4.79 Å². The molecular weight excluding hydrogens is 178 g/mol. The zero-order valence-electron chi connectivity index (χ0n) is 7.82. The number of aromatic amines is 1. The van der Waals surface area contributed by atoms with Crippen LogP contribution in [0.25, 0.3) is 10.9 Å². The molecule has 1 aromatic carbocycles. The predicted molar refractivity (Wildman–Crippen MR) is 53.9 cm³/mol. The van der Waals surface area contributed by atoms with Crippen LogP contribution >= 0.6 is 0 Å². The predicted octanol–water partition coefficient (Wildman–Crippen LogP) is 1.79. The summed E-state index contributed by atoms with van der Waals surface area (Å²) in [6.07, 6.45) is 0.655. The van der Waals surface area contributed by atoms with E-state index in [-0.39, 0.29) is 5.78 Å². The zero-order valence-corrected chi connectivity index (χ0v) is 7.82. The van der Waals surface area contributed by atoms with Gasteiger partial charge in [0.05, 0.1) is 0 Å². The highest BCUT2D eigenvalue weighted by molar-refractivity contribution is 5.90. The summed E-state index contributed by atoms with van der Waals surface area (Å²) in [4.78, 5) is 14.0. The van der Waals surface area contributed by atoms with Crippen LogP contribution in [0.1, 0.15) is 18.6 Å². The zero-order chi connectivity index (χ0) is 10.1. The van der Waals surface area contributed by atoms with Crippen molar-refractivity contribution < 1.29 is 9.90 Å². The third-order valence-electron chi connectivity index (χ3n) is 2.30. The highest BCUT2D eigenvalue weighted by Gasteiger charge is 2.16. The molecule has 1 unspecified atom stereocenters. The van der Waals surface area contributed by atoms with Crippen molar-refractivity contribution in [1.29, 1.82) is 0 Å². The van der Waals surface area contributed by atoms with Crippen molar-refractivity contribution >= 4 is 16.7 Å². The molecular formula is C11H11NO2. The number of rotatable bonds is 2. The molecule has 72 valence electrons. The minimum atomic E-state index is -1.02. The number of aliphatic hydroxyl groups is 1. The van der Waals surface area contributed by atoms with Crippen LogP contribution in [0.4, 0.5) is 0 Å². The lowest BCUT2D eigenvalue weighted by atomic mass is 10.1. The van der Waals surface area contributed by atoms with E-state index in [1.807, 2.05) is 24.3 Å². The number of carbonyl (C=O) groups excluding carboxylic acids is 1. The molecule has 14 heavy (non-hydrogen) atoms. The number of fused-ring (bicyclic) bond motifs is 1.